The van der Waals surface area contributed by atoms with Gasteiger partial charge in [-0.25, -0.2) is 0 Å². The van der Waals surface area contributed by atoms with E-state index in [0.29, 0.717) is 11.7 Å². The minimum absolute atomic E-state index is 0.0148. The van der Waals surface area contributed by atoms with Crippen molar-refractivity contribution in [1.82, 2.24) is 30.4 Å². The molecule has 2 aliphatic rings. The second-order valence-electron chi connectivity index (χ2n) is 8.17. The predicted octanol–water partition coefficient (Wildman–Crippen LogP) is 1.09. The summed E-state index contributed by atoms with van der Waals surface area (Å²) < 4.78 is 0. The van der Waals surface area contributed by atoms with Crippen LogP contribution in [0.1, 0.15) is 31.2 Å². The van der Waals surface area contributed by atoms with Crippen LogP contribution in [0, 0.1) is 12.8 Å². The lowest BCUT2D eigenvalue weighted by Gasteiger charge is -2.42. The van der Waals surface area contributed by atoms with E-state index in [1.165, 1.54) is 17.6 Å². The highest BCUT2D eigenvalue weighted by Gasteiger charge is 2.37. The van der Waals surface area contributed by atoms with Gasteiger partial charge in [-0.2, -0.15) is 4.80 Å². The average Bonchev–Trinajstić information content (AvgIpc) is 3.33. The molecule has 9 nitrogen and oxygen atoms in total. The van der Waals surface area contributed by atoms with Gasteiger partial charge in [0.1, 0.15) is 6.54 Å². The molecule has 1 aromatic carbocycles. The number of amides is 1. The second kappa shape index (κ2) is 8.28. The molecule has 0 bridgehead atoms. The van der Waals surface area contributed by atoms with E-state index in [-0.39, 0.29) is 31.1 Å². The smallest absolute Gasteiger partial charge is 0.317 e. The first-order valence-electron chi connectivity index (χ1n) is 10.1. The monoisotopic (exact) mass is 398 g/mol. The molecule has 2 saturated carbocycles. The van der Waals surface area contributed by atoms with Gasteiger partial charge in [-0.1, -0.05) is 29.8 Å². The van der Waals surface area contributed by atoms with Crippen LogP contribution in [0.4, 0.5) is 0 Å². The molecule has 2 N–H and O–H groups in total. The number of carboxylic acid groups (broad SMARTS) is 1. The lowest BCUT2D eigenvalue weighted by atomic mass is 9.85. The highest BCUT2D eigenvalue weighted by atomic mass is 16.4. The number of aryl methyl sites for hydroxylation is 1. The Morgan fingerprint density at radius 2 is 1.97 bits per heavy atom. The Labute approximate surface area is 169 Å². The fourth-order valence-corrected chi connectivity index (χ4v) is 3.68. The lowest BCUT2D eigenvalue weighted by Crippen LogP contribution is -2.55. The van der Waals surface area contributed by atoms with E-state index >= 15 is 0 Å². The molecular formula is C20H26N6O3. The van der Waals surface area contributed by atoms with Crippen LogP contribution < -0.4 is 5.32 Å². The van der Waals surface area contributed by atoms with Crippen molar-refractivity contribution < 1.29 is 14.7 Å². The summed E-state index contributed by atoms with van der Waals surface area (Å²) in [5.41, 5.74) is 2.01. The molecule has 0 unspecified atom stereocenters. The minimum Gasteiger partial charge on any atom is -0.480 e. The molecule has 0 spiro atoms. The molecule has 2 aliphatic carbocycles. The first-order valence-corrected chi connectivity index (χ1v) is 10.1. The summed E-state index contributed by atoms with van der Waals surface area (Å²) in [6, 6.07) is 8.11. The zero-order valence-corrected chi connectivity index (χ0v) is 16.5. The molecular weight excluding hydrogens is 372 g/mol. The van der Waals surface area contributed by atoms with Crippen LogP contribution in [0.5, 0.6) is 0 Å². The van der Waals surface area contributed by atoms with Crippen LogP contribution in [0.15, 0.2) is 24.3 Å². The van der Waals surface area contributed by atoms with Gasteiger partial charge in [0, 0.05) is 24.2 Å². The van der Waals surface area contributed by atoms with E-state index in [1.807, 2.05) is 31.2 Å². The highest BCUT2D eigenvalue weighted by Crippen LogP contribution is 2.33. The molecule has 1 aromatic heterocycles. The zero-order chi connectivity index (χ0) is 20.4. The van der Waals surface area contributed by atoms with Gasteiger partial charge in [0.05, 0.1) is 6.54 Å². The molecule has 9 heteroatoms. The Hall–Kier alpha value is -2.81. The zero-order valence-electron chi connectivity index (χ0n) is 16.5. The third-order valence-corrected chi connectivity index (χ3v) is 5.57. The molecule has 29 heavy (non-hydrogen) atoms. The molecule has 0 radical (unpaired) electrons. The highest BCUT2D eigenvalue weighted by molar-refractivity contribution is 5.76. The van der Waals surface area contributed by atoms with Gasteiger partial charge in [-0.05, 0) is 43.7 Å². The Morgan fingerprint density at radius 1 is 1.24 bits per heavy atom. The summed E-state index contributed by atoms with van der Waals surface area (Å²) in [7, 11) is 0. The summed E-state index contributed by atoms with van der Waals surface area (Å²) in [4.78, 5) is 26.8. The van der Waals surface area contributed by atoms with Crippen LogP contribution in [0.2, 0.25) is 0 Å². The van der Waals surface area contributed by atoms with Gasteiger partial charge in [0.15, 0.2) is 0 Å². The number of nitrogens with zero attached hydrogens (tertiary/aromatic N) is 5. The van der Waals surface area contributed by atoms with Crippen molar-refractivity contribution in [2.75, 3.05) is 13.1 Å². The van der Waals surface area contributed by atoms with E-state index in [9.17, 15) is 9.59 Å². The summed E-state index contributed by atoms with van der Waals surface area (Å²) in [5, 5.41) is 24.4. The van der Waals surface area contributed by atoms with Crippen LogP contribution in [-0.4, -0.2) is 67.3 Å². The van der Waals surface area contributed by atoms with Crippen molar-refractivity contribution >= 4 is 11.9 Å². The number of hydrogen-bond acceptors (Lipinski definition) is 6. The quantitative estimate of drug-likeness (QED) is 0.650. The van der Waals surface area contributed by atoms with Crippen LogP contribution >= 0.6 is 0 Å². The summed E-state index contributed by atoms with van der Waals surface area (Å²) in [5.74, 6) is 0.183. The van der Waals surface area contributed by atoms with E-state index < -0.39 is 5.97 Å². The number of nitrogens with one attached hydrogen (secondary N) is 1. The topological polar surface area (TPSA) is 113 Å². The van der Waals surface area contributed by atoms with Crippen molar-refractivity contribution in [3.05, 3.63) is 29.8 Å². The number of benzene rings is 1. The van der Waals surface area contributed by atoms with Gasteiger partial charge in [0.2, 0.25) is 11.7 Å². The third-order valence-electron chi connectivity index (χ3n) is 5.57. The number of hydrogen-bond donors (Lipinski definition) is 2. The molecule has 1 heterocycles. The Balaban J connectivity index is 1.24. The van der Waals surface area contributed by atoms with E-state index in [0.717, 1.165) is 30.5 Å². The second-order valence-corrected chi connectivity index (χ2v) is 8.17. The van der Waals surface area contributed by atoms with Gasteiger partial charge in [-0.3, -0.25) is 14.5 Å². The molecule has 4 rings (SSSR count). The van der Waals surface area contributed by atoms with Crippen molar-refractivity contribution in [3.8, 4) is 11.4 Å². The predicted molar refractivity (Wildman–Crippen MR) is 105 cm³/mol. The molecule has 0 saturated heterocycles. The Morgan fingerprint density at radius 3 is 2.62 bits per heavy atom. The van der Waals surface area contributed by atoms with Gasteiger partial charge >= 0.3 is 5.97 Å². The summed E-state index contributed by atoms with van der Waals surface area (Å²) >= 11 is 0. The van der Waals surface area contributed by atoms with Crippen LogP contribution in [-0.2, 0) is 16.1 Å². The standard InChI is InChI=1S/C20H26N6O3/c1-13-2-6-15(7-3-13)20-22-24-26(23-20)11-18(27)21-16-8-17(9-16)25(12-19(28)29)10-14-4-5-14/h2-3,6-7,14,16-17H,4-5,8-12H2,1H3,(H,21,27)(H,28,29). The number of aliphatic carboxylic acids is 1. The SMILES string of the molecule is Cc1ccc(-c2nnn(CC(=O)NC3CC(N(CC(=O)O)CC4CC4)C3)n2)cc1. The van der Waals surface area contributed by atoms with Gasteiger partial charge in [0.25, 0.3) is 0 Å². The number of tetrazole rings is 1. The number of carbonyl (C=O) groups is 2. The van der Waals surface area contributed by atoms with Crippen molar-refractivity contribution in [3.63, 3.8) is 0 Å². The average molecular weight is 398 g/mol. The van der Waals surface area contributed by atoms with Crippen LogP contribution in [0.25, 0.3) is 11.4 Å². The normalized spacial score (nSPS) is 21.0. The van der Waals surface area contributed by atoms with E-state index in [2.05, 4.69) is 25.6 Å². The fraction of sp³-hybridized carbons (Fsp3) is 0.550. The maximum absolute atomic E-state index is 12.3. The Kier molecular flexibility index (Phi) is 5.57. The van der Waals surface area contributed by atoms with Gasteiger partial charge in [-0.15, -0.1) is 10.2 Å². The first-order chi connectivity index (χ1) is 14.0. The van der Waals surface area contributed by atoms with Crippen molar-refractivity contribution in [2.45, 2.75) is 51.2 Å². The van der Waals surface area contributed by atoms with E-state index in [1.54, 1.807) is 0 Å². The number of aromatic nitrogens is 4. The van der Waals surface area contributed by atoms with E-state index in [4.69, 9.17) is 5.11 Å². The molecule has 1 amide bonds. The number of rotatable bonds is 9. The third kappa shape index (κ3) is 5.17. The molecule has 0 aliphatic heterocycles. The molecule has 2 aromatic rings. The number of carbonyl (C=O) groups excluding carboxylic acids is 1. The molecule has 2 fully saturated rings. The first kappa shape index (κ1) is 19.5. The molecule has 0 atom stereocenters. The van der Waals surface area contributed by atoms with Gasteiger partial charge < -0.3 is 10.4 Å². The van der Waals surface area contributed by atoms with Crippen LogP contribution in [0.3, 0.4) is 0 Å². The molecule has 154 valence electrons. The summed E-state index contributed by atoms with van der Waals surface area (Å²) in [6.07, 6.45) is 3.95. The minimum atomic E-state index is -0.792. The van der Waals surface area contributed by atoms with Crippen molar-refractivity contribution in [2.24, 2.45) is 5.92 Å². The largest absolute Gasteiger partial charge is 0.480 e. The Bertz CT molecular complexity index is 871. The maximum atomic E-state index is 12.3. The summed E-state index contributed by atoms with van der Waals surface area (Å²) in [6.45, 7) is 2.95. The van der Waals surface area contributed by atoms with Crippen molar-refractivity contribution in [1.29, 1.82) is 0 Å². The lowest BCUT2D eigenvalue weighted by molar-refractivity contribution is -0.140. The maximum Gasteiger partial charge on any atom is 0.317 e. The number of carboxylic acids is 1. The fourth-order valence-electron chi connectivity index (χ4n) is 3.68.